The van der Waals surface area contributed by atoms with Gasteiger partial charge < -0.3 is 9.72 Å². The Kier molecular flexibility index (Phi) is 4.73. The summed E-state index contributed by atoms with van der Waals surface area (Å²) in [7, 11) is 0. The first-order valence-electron chi connectivity index (χ1n) is 9.22. The van der Waals surface area contributed by atoms with Crippen LogP contribution < -0.4 is 5.56 Å². The number of ether oxygens (including phenoxy) is 1. The van der Waals surface area contributed by atoms with Crippen LogP contribution in [0.3, 0.4) is 0 Å². The van der Waals surface area contributed by atoms with Gasteiger partial charge in [0.15, 0.2) is 11.9 Å². The van der Waals surface area contributed by atoms with Crippen LogP contribution in [0.1, 0.15) is 58.6 Å². The highest BCUT2D eigenvalue weighted by atomic mass is 32.1. The normalized spacial score (nSPS) is 17.0. The summed E-state index contributed by atoms with van der Waals surface area (Å²) >= 11 is 1.56. The second-order valence-electron chi connectivity index (χ2n) is 7.22. The highest BCUT2D eigenvalue weighted by molar-refractivity contribution is 7.18. The third kappa shape index (κ3) is 3.32. The molecule has 0 saturated carbocycles. The molecule has 0 fully saturated rings. The number of esters is 1. The number of fused-ring (bicyclic) bond motifs is 3. The molecule has 3 aromatic rings. The van der Waals surface area contributed by atoms with Crippen LogP contribution in [0.4, 0.5) is 0 Å². The molecule has 1 N–H and O–H groups in total. The Hall–Kier alpha value is -2.98. The Morgan fingerprint density at radius 2 is 2.29 bits per heavy atom. The number of nitrogens with one attached hydrogen (secondary N) is 1. The first kappa shape index (κ1) is 18.4. The van der Waals surface area contributed by atoms with E-state index in [1.54, 1.807) is 36.5 Å². The van der Waals surface area contributed by atoms with Crippen molar-refractivity contribution in [3.63, 3.8) is 0 Å². The van der Waals surface area contributed by atoms with Gasteiger partial charge in [-0.05, 0) is 55.9 Å². The molecule has 1 aromatic carbocycles. The minimum Gasteiger partial charge on any atom is -0.451 e. The molecule has 0 unspecified atom stereocenters. The number of nitrogens with zero attached hydrogens (tertiary/aromatic N) is 2. The van der Waals surface area contributed by atoms with Crippen LogP contribution in [0, 0.1) is 17.2 Å². The van der Waals surface area contributed by atoms with E-state index in [1.165, 1.54) is 10.9 Å². The maximum absolute atomic E-state index is 12.7. The number of nitriles is 1. The second kappa shape index (κ2) is 7.21. The lowest BCUT2D eigenvalue weighted by molar-refractivity contribution is 0.0320. The molecule has 2 heterocycles. The number of thiophene rings is 1. The standard InChI is InChI=1S/C21H19N3O3S/c1-11-6-7-15-16(8-11)28-20-17(15)19(25)23-18(24-20)12(2)27-21(26)14-5-3-4-13(9-14)10-22/h3-5,9,11-12H,6-8H2,1-2H3,(H,23,24,25)/t11-,12-/m1/s1. The van der Waals surface area contributed by atoms with Gasteiger partial charge in [-0.25, -0.2) is 9.78 Å². The molecule has 142 valence electrons. The number of benzene rings is 1. The number of hydrogen-bond acceptors (Lipinski definition) is 6. The Balaban J connectivity index is 1.62. The van der Waals surface area contributed by atoms with Gasteiger partial charge >= 0.3 is 5.97 Å². The molecule has 4 rings (SSSR count). The van der Waals surface area contributed by atoms with Crippen molar-refractivity contribution in [1.29, 1.82) is 5.26 Å². The first-order chi connectivity index (χ1) is 13.5. The number of aromatic amines is 1. The van der Waals surface area contributed by atoms with Crippen molar-refractivity contribution in [1.82, 2.24) is 9.97 Å². The molecule has 0 bridgehead atoms. The van der Waals surface area contributed by atoms with E-state index in [9.17, 15) is 9.59 Å². The summed E-state index contributed by atoms with van der Waals surface area (Å²) in [4.78, 5) is 34.4. The molecular formula is C21H19N3O3S. The molecule has 28 heavy (non-hydrogen) atoms. The summed E-state index contributed by atoms with van der Waals surface area (Å²) in [5, 5.41) is 9.65. The number of carbonyl (C=O) groups excluding carboxylic acids is 1. The first-order valence-corrected chi connectivity index (χ1v) is 10.0. The SMILES string of the molecule is C[C@@H]1CCc2c(sc3nc([C@@H](C)OC(=O)c4cccc(C#N)c4)[nH]c(=O)c23)C1. The largest absolute Gasteiger partial charge is 0.451 e. The van der Waals surface area contributed by atoms with Crippen LogP contribution in [0.25, 0.3) is 10.2 Å². The Morgan fingerprint density at radius 3 is 3.07 bits per heavy atom. The van der Waals surface area contributed by atoms with Gasteiger partial charge in [-0.3, -0.25) is 4.79 Å². The number of rotatable bonds is 3. The Morgan fingerprint density at radius 1 is 1.46 bits per heavy atom. The van der Waals surface area contributed by atoms with Crippen LogP contribution in [-0.4, -0.2) is 15.9 Å². The van der Waals surface area contributed by atoms with E-state index in [0.717, 1.165) is 24.8 Å². The second-order valence-corrected chi connectivity index (χ2v) is 8.31. The van der Waals surface area contributed by atoms with Crippen LogP contribution >= 0.6 is 11.3 Å². The fraction of sp³-hybridized carbons (Fsp3) is 0.333. The molecule has 1 aliphatic rings. The predicted octanol–water partition coefficient (Wildman–Crippen LogP) is 3.90. The molecular weight excluding hydrogens is 374 g/mol. The van der Waals surface area contributed by atoms with Gasteiger partial charge in [-0.2, -0.15) is 5.26 Å². The predicted molar refractivity (Wildman–Crippen MR) is 106 cm³/mol. The van der Waals surface area contributed by atoms with E-state index >= 15 is 0 Å². The van der Waals surface area contributed by atoms with E-state index in [-0.39, 0.29) is 11.1 Å². The van der Waals surface area contributed by atoms with Gasteiger partial charge in [0.25, 0.3) is 5.56 Å². The van der Waals surface area contributed by atoms with Gasteiger partial charge in [-0.15, -0.1) is 11.3 Å². The molecule has 0 saturated heterocycles. The highest BCUT2D eigenvalue weighted by Crippen LogP contribution is 2.36. The Labute approximate surface area is 165 Å². The maximum Gasteiger partial charge on any atom is 0.338 e. The van der Waals surface area contributed by atoms with E-state index < -0.39 is 12.1 Å². The lowest BCUT2D eigenvalue weighted by Gasteiger charge is -2.17. The van der Waals surface area contributed by atoms with E-state index in [0.29, 0.717) is 27.5 Å². The van der Waals surface area contributed by atoms with E-state index in [4.69, 9.17) is 10.00 Å². The lowest BCUT2D eigenvalue weighted by atomic mass is 9.89. The zero-order chi connectivity index (χ0) is 19.8. The van der Waals surface area contributed by atoms with Crippen molar-refractivity contribution in [2.24, 2.45) is 5.92 Å². The third-order valence-electron chi connectivity index (χ3n) is 5.08. The van der Waals surface area contributed by atoms with Gasteiger partial charge in [-0.1, -0.05) is 13.0 Å². The average Bonchev–Trinajstić information content (AvgIpc) is 3.05. The number of H-pyrrole nitrogens is 1. The smallest absolute Gasteiger partial charge is 0.338 e. The third-order valence-corrected chi connectivity index (χ3v) is 6.23. The number of aromatic nitrogens is 2. The molecule has 6 nitrogen and oxygen atoms in total. The molecule has 0 aliphatic heterocycles. The number of carbonyl (C=O) groups is 1. The summed E-state index contributed by atoms with van der Waals surface area (Å²) in [5.74, 6) is 0.378. The highest BCUT2D eigenvalue weighted by Gasteiger charge is 2.24. The van der Waals surface area contributed by atoms with Crippen molar-refractivity contribution in [3.05, 3.63) is 62.0 Å². The number of aryl methyl sites for hydroxylation is 1. The minimum absolute atomic E-state index is 0.179. The summed E-state index contributed by atoms with van der Waals surface area (Å²) < 4.78 is 5.47. The molecule has 1 aliphatic carbocycles. The Bertz CT molecular complexity index is 1170. The van der Waals surface area contributed by atoms with Crippen molar-refractivity contribution in [2.45, 2.75) is 39.2 Å². The zero-order valence-corrected chi connectivity index (χ0v) is 16.4. The summed E-state index contributed by atoms with van der Waals surface area (Å²) in [6.07, 6.45) is 2.24. The summed E-state index contributed by atoms with van der Waals surface area (Å²) in [6.45, 7) is 3.89. The molecule has 0 amide bonds. The van der Waals surface area contributed by atoms with Crippen molar-refractivity contribution < 1.29 is 9.53 Å². The molecule has 0 spiro atoms. The van der Waals surface area contributed by atoms with Gasteiger partial charge in [0.1, 0.15) is 4.83 Å². The fourth-order valence-corrected chi connectivity index (χ4v) is 4.95. The fourth-order valence-electron chi connectivity index (χ4n) is 3.56. The monoisotopic (exact) mass is 393 g/mol. The molecule has 2 aromatic heterocycles. The average molecular weight is 393 g/mol. The quantitative estimate of drug-likeness (QED) is 0.681. The molecule has 0 radical (unpaired) electrons. The van der Waals surface area contributed by atoms with Crippen molar-refractivity contribution in [2.75, 3.05) is 0 Å². The molecule has 7 heteroatoms. The topological polar surface area (TPSA) is 95.8 Å². The zero-order valence-electron chi connectivity index (χ0n) is 15.6. The molecule has 2 atom stereocenters. The summed E-state index contributed by atoms with van der Waals surface area (Å²) in [5.41, 5.74) is 1.61. The number of hydrogen-bond donors (Lipinski definition) is 1. The van der Waals surface area contributed by atoms with Crippen LogP contribution in [-0.2, 0) is 17.6 Å². The maximum atomic E-state index is 12.7. The van der Waals surface area contributed by atoms with Crippen LogP contribution in [0.2, 0.25) is 0 Å². The van der Waals surface area contributed by atoms with E-state index in [1.807, 2.05) is 6.07 Å². The van der Waals surface area contributed by atoms with E-state index in [2.05, 4.69) is 16.9 Å². The lowest BCUT2D eigenvalue weighted by Crippen LogP contribution is -2.18. The minimum atomic E-state index is -0.714. The van der Waals surface area contributed by atoms with Crippen molar-refractivity contribution in [3.8, 4) is 6.07 Å². The van der Waals surface area contributed by atoms with Crippen molar-refractivity contribution >= 4 is 27.5 Å². The van der Waals surface area contributed by atoms with Gasteiger partial charge in [0.05, 0.1) is 22.6 Å². The van der Waals surface area contributed by atoms with Gasteiger partial charge in [0, 0.05) is 4.88 Å². The summed E-state index contributed by atoms with van der Waals surface area (Å²) in [6, 6.07) is 8.30. The van der Waals surface area contributed by atoms with Gasteiger partial charge in [0.2, 0.25) is 0 Å². The van der Waals surface area contributed by atoms with Crippen LogP contribution in [0.15, 0.2) is 29.1 Å². The van der Waals surface area contributed by atoms with Crippen LogP contribution in [0.5, 0.6) is 0 Å².